The van der Waals surface area contributed by atoms with Crippen LogP contribution in [-0.4, -0.2) is 76.4 Å². The summed E-state index contributed by atoms with van der Waals surface area (Å²) in [5.41, 5.74) is 7.58. The Morgan fingerprint density at radius 2 is 1.69 bits per heavy atom. The maximum Gasteiger partial charge on any atom is 0.407 e. The number of aromatic nitrogens is 3. The first-order chi connectivity index (χ1) is 26.8. The Labute approximate surface area is 324 Å². The van der Waals surface area contributed by atoms with E-state index in [1.165, 1.54) is 26.2 Å². The fourth-order valence-electron chi connectivity index (χ4n) is 9.16. The lowest BCUT2D eigenvalue weighted by molar-refractivity contribution is -0.137. The molecule has 13 heteroatoms. The SMILES string of the molecule is COC(=O)N[C@H](C(=O)N1CCC[C@H]1c1ncc(-c2ccc(-c3ccc(C4=CN=C([C@@H]5C6CCC(C6)[C@H]5C(=O)NCc5nccs5)C4)cc3)cc2)[nH]1)[C@@H](C)OC. The maximum atomic E-state index is 13.6. The molecule has 2 bridgehead atoms. The molecule has 8 rings (SSSR count). The minimum Gasteiger partial charge on any atom is -0.453 e. The highest BCUT2D eigenvalue weighted by atomic mass is 32.1. The van der Waals surface area contributed by atoms with Gasteiger partial charge in [-0.05, 0) is 78.7 Å². The number of likely N-dealkylation sites (tertiary alicyclic amines) is 1. The fourth-order valence-corrected chi connectivity index (χ4v) is 9.72. The van der Waals surface area contributed by atoms with Gasteiger partial charge in [-0.3, -0.25) is 14.6 Å². The van der Waals surface area contributed by atoms with Gasteiger partial charge in [-0.1, -0.05) is 48.5 Å². The molecule has 2 aliphatic carbocycles. The Balaban J connectivity index is 0.892. The number of carbonyl (C=O) groups excluding carboxylic acids is 3. The van der Waals surface area contributed by atoms with Crippen LogP contribution in [0.2, 0.25) is 0 Å². The van der Waals surface area contributed by atoms with Crippen LogP contribution in [0.25, 0.3) is 28.0 Å². The molecule has 0 radical (unpaired) electrons. The molecule has 55 heavy (non-hydrogen) atoms. The molecule has 4 aliphatic rings. The van der Waals surface area contributed by atoms with Crippen molar-refractivity contribution in [2.45, 2.75) is 70.2 Å². The Hall–Kier alpha value is -5.14. The average molecular weight is 762 g/mol. The number of amides is 3. The lowest BCUT2D eigenvalue weighted by Crippen LogP contribution is -2.54. The number of fused-ring (bicyclic) bond motifs is 2. The van der Waals surface area contributed by atoms with Crippen molar-refractivity contribution >= 4 is 40.5 Å². The highest BCUT2D eigenvalue weighted by molar-refractivity contribution is 7.09. The van der Waals surface area contributed by atoms with Gasteiger partial charge in [-0.25, -0.2) is 14.8 Å². The first-order valence-corrected chi connectivity index (χ1v) is 20.0. The number of methoxy groups -OCH3 is 2. The molecular weight excluding hydrogens is 715 g/mol. The van der Waals surface area contributed by atoms with Gasteiger partial charge in [0.15, 0.2) is 0 Å². The van der Waals surface area contributed by atoms with E-state index < -0.39 is 18.2 Å². The van der Waals surface area contributed by atoms with Crippen LogP contribution >= 0.6 is 11.3 Å². The molecule has 2 aromatic heterocycles. The molecule has 0 spiro atoms. The van der Waals surface area contributed by atoms with Crippen LogP contribution in [0.5, 0.6) is 0 Å². The summed E-state index contributed by atoms with van der Waals surface area (Å²) in [5.74, 6) is 1.80. The van der Waals surface area contributed by atoms with E-state index in [9.17, 15) is 14.4 Å². The van der Waals surface area contributed by atoms with Gasteiger partial charge in [-0.15, -0.1) is 11.3 Å². The number of nitrogens with one attached hydrogen (secondary N) is 3. The molecule has 2 aromatic carbocycles. The predicted molar refractivity (Wildman–Crippen MR) is 211 cm³/mol. The number of thiazole rings is 1. The standard InChI is InChI=1S/C42H47N7O5S/c1-24(53-2)38(48-42(52)54-3)41(51)49-17-4-5-34(49)39-45-22-33(47-39)28-12-10-26(11-13-28)25-6-8-27(9-7-25)31-20-32(44-21-31)36-29-14-15-30(19-29)37(36)40(50)46-23-35-43-16-18-55-35/h6-13,16,18,21-22,24,29-30,34,36-38H,4-5,14-15,17,19-20,23H2,1-3H3,(H,45,47)(H,46,50)(H,48,52)/t24-,29?,30?,34+,36+,37-,38+/m1/s1. The van der Waals surface area contributed by atoms with E-state index in [0.717, 1.165) is 70.8 Å². The normalized spacial score (nSPS) is 24.0. The van der Waals surface area contributed by atoms with Crippen molar-refractivity contribution in [2.24, 2.45) is 28.7 Å². The van der Waals surface area contributed by atoms with Gasteiger partial charge in [0, 0.05) is 55.4 Å². The van der Waals surface area contributed by atoms with Gasteiger partial charge in [0.2, 0.25) is 11.8 Å². The first-order valence-electron chi connectivity index (χ1n) is 19.2. The molecule has 3 N–H and O–H groups in total. The number of imidazole rings is 1. The van der Waals surface area contributed by atoms with Gasteiger partial charge in [0.25, 0.3) is 0 Å². The second kappa shape index (κ2) is 15.9. The number of nitrogens with zero attached hydrogens (tertiary/aromatic N) is 4. The second-order valence-corrected chi connectivity index (χ2v) is 16.0. The maximum absolute atomic E-state index is 13.6. The number of alkyl carbamates (subject to hydrolysis) is 1. The van der Waals surface area contributed by atoms with Gasteiger partial charge < -0.3 is 30.0 Å². The summed E-state index contributed by atoms with van der Waals surface area (Å²) in [7, 11) is 2.78. The molecule has 2 aliphatic heterocycles. The molecule has 2 saturated carbocycles. The zero-order valence-electron chi connectivity index (χ0n) is 31.4. The van der Waals surface area contributed by atoms with Crippen molar-refractivity contribution in [3.8, 4) is 22.4 Å². The third kappa shape index (κ3) is 7.47. The number of benzene rings is 2. The Morgan fingerprint density at radius 1 is 0.964 bits per heavy atom. The number of hydrogen-bond donors (Lipinski definition) is 3. The zero-order valence-corrected chi connectivity index (χ0v) is 32.2. The van der Waals surface area contributed by atoms with Crippen LogP contribution in [0.4, 0.5) is 4.79 Å². The van der Waals surface area contributed by atoms with Crippen molar-refractivity contribution in [1.29, 1.82) is 0 Å². The average Bonchev–Trinajstić information content (AvgIpc) is 4.08. The van der Waals surface area contributed by atoms with E-state index in [1.807, 2.05) is 17.8 Å². The summed E-state index contributed by atoms with van der Waals surface area (Å²) >= 11 is 1.57. The van der Waals surface area contributed by atoms with E-state index in [-0.39, 0.29) is 29.7 Å². The molecule has 286 valence electrons. The number of rotatable bonds is 12. The van der Waals surface area contributed by atoms with Crippen molar-refractivity contribution in [3.05, 3.63) is 88.9 Å². The van der Waals surface area contributed by atoms with E-state index in [4.69, 9.17) is 14.5 Å². The Morgan fingerprint density at radius 3 is 2.40 bits per heavy atom. The highest BCUT2D eigenvalue weighted by Gasteiger charge is 2.52. The van der Waals surface area contributed by atoms with Crippen LogP contribution < -0.4 is 10.6 Å². The number of allylic oxidation sites excluding steroid dienone is 1. The summed E-state index contributed by atoms with van der Waals surface area (Å²) in [6, 6.07) is 15.9. The molecule has 3 amide bonds. The zero-order chi connectivity index (χ0) is 38.1. The van der Waals surface area contributed by atoms with Crippen LogP contribution in [0.15, 0.2) is 77.5 Å². The molecule has 3 fully saturated rings. The highest BCUT2D eigenvalue weighted by Crippen LogP contribution is 2.54. The number of carbonyl (C=O) groups is 3. The van der Waals surface area contributed by atoms with Crippen molar-refractivity contribution in [3.63, 3.8) is 0 Å². The molecule has 1 saturated heterocycles. The molecular formula is C42H47N7O5S. The van der Waals surface area contributed by atoms with Crippen LogP contribution in [-0.2, 0) is 25.6 Å². The van der Waals surface area contributed by atoms with Gasteiger partial charge >= 0.3 is 6.09 Å². The summed E-state index contributed by atoms with van der Waals surface area (Å²) in [6.07, 6.45) is 10.2. The monoisotopic (exact) mass is 761 g/mol. The number of aliphatic imine (C=N–C) groups is 1. The quantitative estimate of drug-likeness (QED) is 0.144. The number of ether oxygens (including phenoxy) is 2. The smallest absolute Gasteiger partial charge is 0.407 e. The third-order valence-electron chi connectivity index (χ3n) is 12.1. The van der Waals surface area contributed by atoms with Gasteiger partial charge in [0.1, 0.15) is 16.9 Å². The predicted octanol–water partition coefficient (Wildman–Crippen LogP) is 6.79. The summed E-state index contributed by atoms with van der Waals surface area (Å²) in [4.78, 5) is 58.2. The number of hydrogen-bond acceptors (Lipinski definition) is 9. The van der Waals surface area contributed by atoms with Gasteiger partial charge in [-0.2, -0.15) is 0 Å². The van der Waals surface area contributed by atoms with Crippen LogP contribution in [0.3, 0.4) is 0 Å². The lowest BCUT2D eigenvalue weighted by Gasteiger charge is -2.30. The van der Waals surface area contributed by atoms with E-state index in [1.54, 1.807) is 29.4 Å². The fraction of sp³-hybridized carbons (Fsp3) is 0.429. The summed E-state index contributed by atoms with van der Waals surface area (Å²) < 4.78 is 10.2. The molecule has 4 aromatic rings. The van der Waals surface area contributed by atoms with Crippen LogP contribution in [0.1, 0.15) is 67.9 Å². The topological polar surface area (TPSA) is 151 Å². The van der Waals surface area contributed by atoms with Crippen LogP contribution in [0, 0.1) is 23.7 Å². The lowest BCUT2D eigenvalue weighted by atomic mass is 9.75. The second-order valence-electron chi connectivity index (χ2n) is 15.1. The minimum atomic E-state index is -0.880. The van der Waals surface area contributed by atoms with E-state index in [2.05, 4.69) is 74.1 Å². The summed E-state index contributed by atoms with van der Waals surface area (Å²) in [6.45, 7) is 2.80. The molecule has 7 atom stereocenters. The summed E-state index contributed by atoms with van der Waals surface area (Å²) in [5, 5.41) is 8.68. The number of H-pyrrole nitrogens is 1. The minimum absolute atomic E-state index is 0.00914. The van der Waals surface area contributed by atoms with Crippen molar-refractivity contribution in [1.82, 2.24) is 30.5 Å². The number of aromatic amines is 1. The third-order valence-corrected chi connectivity index (χ3v) is 12.8. The molecule has 2 unspecified atom stereocenters. The van der Waals surface area contributed by atoms with E-state index >= 15 is 0 Å². The van der Waals surface area contributed by atoms with Gasteiger partial charge in [0.05, 0.1) is 37.7 Å². The molecule has 12 nitrogen and oxygen atoms in total. The largest absolute Gasteiger partial charge is 0.453 e. The van der Waals surface area contributed by atoms with Crippen molar-refractivity contribution < 1.29 is 23.9 Å². The Bertz CT molecular complexity index is 2080. The van der Waals surface area contributed by atoms with E-state index in [0.29, 0.717) is 30.7 Å². The molecule has 4 heterocycles. The van der Waals surface area contributed by atoms with Crippen molar-refractivity contribution in [2.75, 3.05) is 20.8 Å². The Kier molecular flexibility index (Phi) is 10.7. The first kappa shape index (κ1) is 36.8.